The number of phenols is 1. The van der Waals surface area contributed by atoms with Gasteiger partial charge < -0.3 is 10.0 Å². The minimum absolute atomic E-state index is 0.0266. The topological polar surface area (TPSA) is 57.6 Å². The summed E-state index contributed by atoms with van der Waals surface area (Å²) in [5, 5.41) is 9.17. The number of carbonyl (C=O) groups excluding carboxylic acids is 2. The predicted molar refractivity (Wildman–Crippen MR) is 55.7 cm³/mol. The Morgan fingerprint density at radius 2 is 2.07 bits per heavy atom. The number of rotatable bonds is 3. The Morgan fingerprint density at radius 1 is 1.40 bits per heavy atom. The molecule has 1 N–H and O–H groups in total. The van der Waals surface area contributed by atoms with Crippen molar-refractivity contribution < 1.29 is 14.7 Å². The molecule has 4 heteroatoms. The first kappa shape index (κ1) is 11.2. The van der Waals surface area contributed by atoms with Crippen molar-refractivity contribution in [3.05, 3.63) is 29.8 Å². The molecule has 1 aromatic carbocycles. The van der Waals surface area contributed by atoms with E-state index in [-0.39, 0.29) is 24.0 Å². The number of carbonyl (C=O) groups is 2. The highest BCUT2D eigenvalue weighted by Crippen LogP contribution is 2.11. The van der Waals surface area contributed by atoms with E-state index >= 15 is 0 Å². The summed E-state index contributed by atoms with van der Waals surface area (Å²) in [7, 11) is 1.56. The molecular formula is C11H13NO3. The number of Topliss-reactive ketones (excluding diaryl/α,β-unsaturated/α-hetero) is 1. The SMILES string of the molecule is CC(=O)N(C)CC(=O)c1cccc(O)c1. The average Bonchev–Trinajstić information content (AvgIpc) is 2.17. The quantitative estimate of drug-likeness (QED) is 0.754. The Kier molecular flexibility index (Phi) is 3.44. The number of ketones is 1. The molecule has 0 saturated carbocycles. The molecule has 0 fully saturated rings. The van der Waals surface area contributed by atoms with Crippen molar-refractivity contribution in [2.45, 2.75) is 6.92 Å². The summed E-state index contributed by atoms with van der Waals surface area (Å²) in [6.07, 6.45) is 0. The third-order valence-corrected chi connectivity index (χ3v) is 2.09. The third kappa shape index (κ3) is 3.09. The van der Waals surface area contributed by atoms with Crippen molar-refractivity contribution >= 4 is 11.7 Å². The monoisotopic (exact) mass is 207 g/mol. The lowest BCUT2D eigenvalue weighted by Crippen LogP contribution is -2.30. The van der Waals surface area contributed by atoms with Crippen LogP contribution >= 0.6 is 0 Å². The van der Waals surface area contributed by atoms with Crippen LogP contribution in [-0.2, 0) is 4.79 Å². The normalized spacial score (nSPS) is 9.73. The second kappa shape index (κ2) is 4.59. The molecule has 0 bridgehead atoms. The number of likely N-dealkylation sites (N-methyl/N-ethyl adjacent to an activating group) is 1. The maximum atomic E-state index is 11.6. The lowest BCUT2D eigenvalue weighted by molar-refractivity contribution is -0.127. The van der Waals surface area contributed by atoms with E-state index in [1.165, 1.54) is 24.0 Å². The number of nitrogens with zero attached hydrogens (tertiary/aromatic N) is 1. The van der Waals surface area contributed by atoms with Crippen molar-refractivity contribution in [2.75, 3.05) is 13.6 Å². The molecule has 0 saturated heterocycles. The van der Waals surface area contributed by atoms with E-state index in [9.17, 15) is 14.7 Å². The number of hydrogen-bond donors (Lipinski definition) is 1. The average molecular weight is 207 g/mol. The standard InChI is InChI=1S/C11H13NO3/c1-8(13)12(2)7-11(15)9-4-3-5-10(14)6-9/h3-6,14H,7H2,1-2H3. The lowest BCUT2D eigenvalue weighted by Gasteiger charge is -2.13. The Morgan fingerprint density at radius 3 is 2.60 bits per heavy atom. The maximum absolute atomic E-state index is 11.6. The van der Waals surface area contributed by atoms with Crippen molar-refractivity contribution in [1.29, 1.82) is 0 Å². The molecule has 1 amide bonds. The van der Waals surface area contributed by atoms with Crippen LogP contribution < -0.4 is 0 Å². The molecule has 0 radical (unpaired) electrons. The number of aromatic hydroxyl groups is 1. The fourth-order valence-corrected chi connectivity index (χ4v) is 1.10. The number of hydrogen-bond acceptors (Lipinski definition) is 3. The van der Waals surface area contributed by atoms with Crippen molar-refractivity contribution in [1.82, 2.24) is 4.90 Å². The molecule has 0 aliphatic carbocycles. The van der Waals surface area contributed by atoms with Crippen LogP contribution in [0.3, 0.4) is 0 Å². The molecule has 0 spiro atoms. The van der Waals surface area contributed by atoms with Gasteiger partial charge in [0.15, 0.2) is 5.78 Å². The summed E-state index contributed by atoms with van der Waals surface area (Å²) in [4.78, 5) is 23.8. The summed E-state index contributed by atoms with van der Waals surface area (Å²) in [6, 6.07) is 6.08. The van der Waals surface area contributed by atoms with Crippen LogP contribution in [0.2, 0.25) is 0 Å². The molecule has 0 aromatic heterocycles. The number of amides is 1. The molecule has 0 aliphatic heterocycles. The molecule has 0 unspecified atom stereocenters. The highest BCUT2D eigenvalue weighted by Gasteiger charge is 2.11. The van der Waals surface area contributed by atoms with E-state index in [0.29, 0.717) is 5.56 Å². The molecule has 0 atom stereocenters. The zero-order valence-corrected chi connectivity index (χ0v) is 8.73. The van der Waals surface area contributed by atoms with Crippen LogP contribution in [0.4, 0.5) is 0 Å². The molecule has 1 rings (SSSR count). The summed E-state index contributed by atoms with van der Waals surface area (Å²) in [5.74, 6) is -0.307. The smallest absolute Gasteiger partial charge is 0.219 e. The van der Waals surface area contributed by atoms with Gasteiger partial charge in [0.2, 0.25) is 5.91 Å². The van der Waals surface area contributed by atoms with Gasteiger partial charge in [0.1, 0.15) is 5.75 Å². The highest BCUT2D eigenvalue weighted by atomic mass is 16.3. The Hall–Kier alpha value is -1.84. The lowest BCUT2D eigenvalue weighted by atomic mass is 10.1. The van der Waals surface area contributed by atoms with Crippen LogP contribution in [0, 0.1) is 0 Å². The fraction of sp³-hybridized carbons (Fsp3) is 0.273. The van der Waals surface area contributed by atoms with Gasteiger partial charge in [-0.1, -0.05) is 12.1 Å². The first-order valence-corrected chi connectivity index (χ1v) is 4.54. The van der Waals surface area contributed by atoms with Gasteiger partial charge in [-0.15, -0.1) is 0 Å². The predicted octanol–water partition coefficient (Wildman–Crippen LogP) is 1.05. The van der Waals surface area contributed by atoms with Gasteiger partial charge in [-0.25, -0.2) is 0 Å². The van der Waals surface area contributed by atoms with Gasteiger partial charge in [-0.3, -0.25) is 9.59 Å². The van der Waals surface area contributed by atoms with Crippen LogP contribution in [-0.4, -0.2) is 35.3 Å². The zero-order chi connectivity index (χ0) is 11.4. The van der Waals surface area contributed by atoms with Crippen molar-refractivity contribution in [2.24, 2.45) is 0 Å². The van der Waals surface area contributed by atoms with Gasteiger partial charge >= 0.3 is 0 Å². The minimum atomic E-state index is -0.191. The molecular weight excluding hydrogens is 194 g/mol. The van der Waals surface area contributed by atoms with Crippen LogP contribution in [0.1, 0.15) is 17.3 Å². The minimum Gasteiger partial charge on any atom is -0.508 e. The first-order chi connectivity index (χ1) is 7.00. The van der Waals surface area contributed by atoms with Gasteiger partial charge in [-0.2, -0.15) is 0 Å². The molecule has 1 aromatic rings. The largest absolute Gasteiger partial charge is 0.508 e. The van der Waals surface area contributed by atoms with Gasteiger partial charge in [0, 0.05) is 19.5 Å². The van der Waals surface area contributed by atoms with Crippen LogP contribution in [0.5, 0.6) is 5.75 Å². The summed E-state index contributed by atoms with van der Waals surface area (Å²) >= 11 is 0. The van der Waals surface area contributed by atoms with Crippen LogP contribution in [0.15, 0.2) is 24.3 Å². The van der Waals surface area contributed by atoms with Crippen molar-refractivity contribution in [3.8, 4) is 5.75 Å². The maximum Gasteiger partial charge on any atom is 0.219 e. The zero-order valence-electron chi connectivity index (χ0n) is 8.73. The molecule has 0 heterocycles. The van der Waals surface area contributed by atoms with E-state index < -0.39 is 0 Å². The van der Waals surface area contributed by atoms with E-state index in [4.69, 9.17) is 0 Å². The second-order valence-electron chi connectivity index (χ2n) is 3.35. The summed E-state index contributed by atoms with van der Waals surface area (Å²) < 4.78 is 0. The molecule has 0 aliphatic rings. The molecule has 80 valence electrons. The van der Waals surface area contributed by atoms with Gasteiger partial charge in [0.05, 0.1) is 6.54 Å². The first-order valence-electron chi connectivity index (χ1n) is 4.54. The van der Waals surface area contributed by atoms with Gasteiger partial charge in [0.25, 0.3) is 0 Å². The van der Waals surface area contributed by atoms with E-state index in [0.717, 1.165) is 0 Å². The number of phenolic OH excluding ortho intramolecular Hbond substituents is 1. The molecule has 15 heavy (non-hydrogen) atoms. The Balaban J connectivity index is 2.73. The summed E-state index contributed by atoms with van der Waals surface area (Å²) in [6.45, 7) is 1.43. The van der Waals surface area contributed by atoms with Gasteiger partial charge in [-0.05, 0) is 12.1 Å². The summed E-state index contributed by atoms with van der Waals surface area (Å²) in [5.41, 5.74) is 0.406. The van der Waals surface area contributed by atoms with Crippen LogP contribution in [0.25, 0.3) is 0 Å². The molecule has 4 nitrogen and oxygen atoms in total. The number of benzene rings is 1. The van der Waals surface area contributed by atoms with E-state index in [1.807, 2.05) is 0 Å². The van der Waals surface area contributed by atoms with E-state index in [1.54, 1.807) is 19.2 Å². The Bertz CT molecular complexity index is 387. The third-order valence-electron chi connectivity index (χ3n) is 2.09. The highest BCUT2D eigenvalue weighted by molar-refractivity contribution is 5.99. The van der Waals surface area contributed by atoms with E-state index in [2.05, 4.69) is 0 Å². The van der Waals surface area contributed by atoms with Crippen molar-refractivity contribution in [3.63, 3.8) is 0 Å². The second-order valence-corrected chi connectivity index (χ2v) is 3.35. The Labute approximate surface area is 88.1 Å². The fourth-order valence-electron chi connectivity index (χ4n) is 1.10.